The van der Waals surface area contributed by atoms with E-state index < -0.39 is 60.0 Å². The number of sulfonamides is 2. The van der Waals surface area contributed by atoms with Crippen LogP contribution in [-0.2, 0) is 29.6 Å². The predicted octanol–water partition coefficient (Wildman–Crippen LogP) is -0.112. The number of carbonyl (C=O) groups excluding carboxylic acids is 2. The summed E-state index contributed by atoms with van der Waals surface area (Å²) in [6, 6.07) is 8.03. The van der Waals surface area contributed by atoms with Gasteiger partial charge in [0, 0.05) is 64.3 Å². The fourth-order valence-corrected chi connectivity index (χ4v) is 8.84. The van der Waals surface area contributed by atoms with E-state index in [4.69, 9.17) is 0 Å². The fraction of sp³-hybridized carbons (Fsp3) is 0.586. The molecule has 2 saturated heterocycles. The number of quaternary nitrogens is 2. The number of pyridine rings is 2. The van der Waals surface area contributed by atoms with Gasteiger partial charge in [-0.05, 0) is 49.9 Å². The maximum Gasteiger partial charge on any atom is 0.315 e. The van der Waals surface area contributed by atoms with Gasteiger partial charge < -0.3 is 20.5 Å². The molecule has 2 aliphatic rings. The van der Waals surface area contributed by atoms with Crippen LogP contribution >= 0.6 is 0 Å². The SMILES string of the molecule is CC[C@@H](CCC(=O)[NH+]([O-])C1CCCN(S(=O)(=O)c2ccccn2)CC1)C(=O)[NH+]([O-])C1CCCN(S(=O)(=O)c2ccccn2)CC1. The number of nitrogens with zero attached hydrogens (tertiary/aromatic N) is 4. The summed E-state index contributed by atoms with van der Waals surface area (Å²) in [5.74, 6) is -1.93. The van der Waals surface area contributed by atoms with E-state index in [2.05, 4.69) is 9.97 Å². The van der Waals surface area contributed by atoms with Crippen LogP contribution in [0, 0.1) is 16.3 Å². The Morgan fingerprint density at radius 2 is 1.29 bits per heavy atom. The van der Waals surface area contributed by atoms with Gasteiger partial charge in [0.05, 0.1) is 24.4 Å². The number of amides is 2. The molecule has 4 rings (SSSR count). The molecule has 0 bridgehead atoms. The van der Waals surface area contributed by atoms with Gasteiger partial charge in [-0.3, -0.25) is 0 Å². The number of hydrogen-bond acceptors (Lipinski definition) is 10. The van der Waals surface area contributed by atoms with E-state index in [1.54, 1.807) is 31.2 Å². The van der Waals surface area contributed by atoms with Crippen LogP contribution in [0.3, 0.4) is 0 Å². The Labute approximate surface area is 264 Å². The van der Waals surface area contributed by atoms with E-state index in [1.165, 1.54) is 33.1 Å². The van der Waals surface area contributed by atoms with Gasteiger partial charge in [-0.15, -0.1) is 0 Å². The van der Waals surface area contributed by atoms with Crippen molar-refractivity contribution in [1.82, 2.24) is 18.6 Å². The lowest BCUT2D eigenvalue weighted by atomic mass is 9.97. The van der Waals surface area contributed by atoms with Gasteiger partial charge in [0.2, 0.25) is 0 Å². The third-order valence-corrected chi connectivity index (χ3v) is 12.3. The highest BCUT2D eigenvalue weighted by Crippen LogP contribution is 2.20. The van der Waals surface area contributed by atoms with Gasteiger partial charge in [0.1, 0.15) is 0 Å². The van der Waals surface area contributed by atoms with Crippen molar-refractivity contribution in [2.24, 2.45) is 5.92 Å². The van der Waals surface area contributed by atoms with Crippen molar-refractivity contribution in [1.29, 1.82) is 0 Å². The van der Waals surface area contributed by atoms with E-state index in [0.29, 0.717) is 32.1 Å². The van der Waals surface area contributed by atoms with Crippen molar-refractivity contribution in [3.8, 4) is 0 Å². The summed E-state index contributed by atoms with van der Waals surface area (Å²) in [4.78, 5) is 34.0. The third-order valence-electron chi connectivity index (χ3n) is 8.70. The lowest BCUT2D eigenvalue weighted by Gasteiger charge is -2.32. The Bertz CT molecular complexity index is 1500. The maximum atomic E-state index is 13.2. The maximum absolute atomic E-state index is 13.2. The van der Waals surface area contributed by atoms with Crippen LogP contribution in [0.15, 0.2) is 58.8 Å². The number of hydroxylamine groups is 4. The minimum absolute atomic E-state index is 0.0610. The number of rotatable bonds is 11. The summed E-state index contributed by atoms with van der Waals surface area (Å²) in [5, 5.41) is 25.0. The number of carbonyl (C=O) groups is 2. The van der Waals surface area contributed by atoms with E-state index in [1.807, 2.05) is 0 Å². The minimum atomic E-state index is -3.82. The standard InChI is InChI=1S/C29H42N6O8S2/c1-2-23(29(37)35(39)25-10-8-20-33(22-16-25)45(42,43)27-12-4-6-18-31-27)13-14-28(36)34(38)24-9-7-19-32(21-15-24)44(40,41)26-11-3-5-17-30-26/h3-6,11-12,17-18,23-25,34-35H,2,7-10,13-16,19-22H2,1H3/t23-,24?,25?/m0/s1. The smallest absolute Gasteiger partial charge is 0.315 e. The van der Waals surface area contributed by atoms with E-state index in [0.717, 1.165) is 0 Å². The largest absolute Gasteiger partial charge is 0.627 e. The molecule has 5 atom stereocenters. The topological polar surface area (TPSA) is 190 Å². The molecule has 2 amide bonds. The molecule has 0 spiro atoms. The molecule has 2 aromatic rings. The first kappa shape index (κ1) is 35.2. The van der Waals surface area contributed by atoms with Crippen LogP contribution in [0.2, 0.25) is 0 Å². The third kappa shape index (κ3) is 8.56. The Balaban J connectivity index is 1.28. The van der Waals surface area contributed by atoms with Crippen molar-refractivity contribution in [3.05, 3.63) is 59.2 Å². The normalized spacial score (nSPS) is 22.9. The van der Waals surface area contributed by atoms with Crippen LogP contribution in [0.5, 0.6) is 0 Å². The Morgan fingerprint density at radius 3 is 1.73 bits per heavy atom. The van der Waals surface area contributed by atoms with Gasteiger partial charge >= 0.3 is 11.8 Å². The molecule has 2 aromatic heterocycles. The molecule has 0 aromatic carbocycles. The van der Waals surface area contributed by atoms with Crippen molar-refractivity contribution in [2.45, 2.75) is 86.8 Å². The Kier molecular flexibility index (Phi) is 12.3. The fourth-order valence-electron chi connectivity index (χ4n) is 5.99. The summed E-state index contributed by atoms with van der Waals surface area (Å²) >= 11 is 0. The average molecular weight is 667 g/mol. The second-order valence-corrected chi connectivity index (χ2v) is 15.3. The molecule has 4 unspecified atom stereocenters. The van der Waals surface area contributed by atoms with Crippen LogP contribution in [0.1, 0.15) is 64.7 Å². The van der Waals surface area contributed by atoms with Crippen molar-refractivity contribution >= 4 is 31.9 Å². The second kappa shape index (κ2) is 15.7. The molecule has 2 fully saturated rings. The van der Waals surface area contributed by atoms with Crippen molar-refractivity contribution in [3.63, 3.8) is 0 Å². The molecular formula is C29H42N6O8S2. The lowest BCUT2D eigenvalue weighted by Crippen LogP contribution is -3.15. The molecule has 2 N–H and O–H groups in total. The minimum Gasteiger partial charge on any atom is -0.627 e. The monoisotopic (exact) mass is 666 g/mol. The lowest BCUT2D eigenvalue weighted by molar-refractivity contribution is -0.798. The van der Waals surface area contributed by atoms with E-state index in [-0.39, 0.29) is 61.9 Å². The first-order chi connectivity index (χ1) is 21.5. The van der Waals surface area contributed by atoms with Gasteiger partial charge in [0.15, 0.2) is 10.1 Å². The molecule has 4 heterocycles. The zero-order valence-corrected chi connectivity index (χ0v) is 27.0. The zero-order chi connectivity index (χ0) is 32.6. The highest BCUT2D eigenvalue weighted by molar-refractivity contribution is 7.89. The average Bonchev–Trinajstić information content (AvgIpc) is 3.47. The number of hydrogen-bond donors (Lipinski definition) is 2. The summed E-state index contributed by atoms with van der Waals surface area (Å²) in [5.41, 5.74) is 0. The molecule has 0 aliphatic carbocycles. The summed E-state index contributed by atoms with van der Waals surface area (Å²) in [7, 11) is -7.63. The predicted molar refractivity (Wildman–Crippen MR) is 163 cm³/mol. The first-order valence-electron chi connectivity index (χ1n) is 15.4. The Hall–Kier alpha value is -2.70. The molecule has 0 radical (unpaired) electrons. The highest BCUT2D eigenvalue weighted by atomic mass is 32.2. The molecule has 45 heavy (non-hydrogen) atoms. The summed E-state index contributed by atoms with van der Waals surface area (Å²) < 4.78 is 54.5. The second-order valence-electron chi connectivity index (χ2n) is 11.6. The van der Waals surface area contributed by atoms with Crippen LogP contribution < -0.4 is 10.1 Å². The molecular weight excluding hydrogens is 624 g/mol. The molecule has 248 valence electrons. The first-order valence-corrected chi connectivity index (χ1v) is 18.3. The van der Waals surface area contributed by atoms with Gasteiger partial charge in [-0.2, -0.15) is 8.61 Å². The van der Waals surface area contributed by atoms with Gasteiger partial charge in [0.25, 0.3) is 20.0 Å². The molecule has 2 aliphatic heterocycles. The number of nitrogens with one attached hydrogen (secondary N) is 2. The summed E-state index contributed by atoms with van der Waals surface area (Å²) in [6.07, 6.45) is 5.02. The van der Waals surface area contributed by atoms with Crippen LogP contribution in [0.25, 0.3) is 0 Å². The van der Waals surface area contributed by atoms with Crippen molar-refractivity contribution in [2.75, 3.05) is 26.2 Å². The summed E-state index contributed by atoms with van der Waals surface area (Å²) in [6.45, 7) is 2.37. The molecule has 14 nitrogen and oxygen atoms in total. The quantitative estimate of drug-likeness (QED) is 0.306. The highest BCUT2D eigenvalue weighted by Gasteiger charge is 2.36. The van der Waals surface area contributed by atoms with Gasteiger partial charge in [-0.1, -0.05) is 19.1 Å². The van der Waals surface area contributed by atoms with E-state index in [9.17, 15) is 36.8 Å². The van der Waals surface area contributed by atoms with Crippen LogP contribution in [0.4, 0.5) is 0 Å². The number of aromatic nitrogens is 2. The molecule has 16 heteroatoms. The molecule has 0 saturated carbocycles. The Morgan fingerprint density at radius 1 is 0.800 bits per heavy atom. The van der Waals surface area contributed by atoms with Gasteiger partial charge in [-0.25, -0.2) is 36.4 Å². The zero-order valence-electron chi connectivity index (χ0n) is 25.4. The van der Waals surface area contributed by atoms with Crippen molar-refractivity contribution < 1.29 is 36.6 Å². The van der Waals surface area contributed by atoms with E-state index >= 15 is 0 Å². The van der Waals surface area contributed by atoms with Crippen LogP contribution in [-0.4, -0.2) is 85.5 Å².